The van der Waals surface area contributed by atoms with E-state index in [1.807, 2.05) is 22.6 Å². The minimum atomic E-state index is -4.71. The zero-order valence-electron chi connectivity index (χ0n) is 12.3. The Morgan fingerprint density at radius 1 is 1.28 bits per heavy atom. The average Bonchev–Trinajstić information content (AvgIpc) is 2.89. The highest BCUT2D eigenvalue weighted by molar-refractivity contribution is 14.1. The molecule has 1 heterocycles. The van der Waals surface area contributed by atoms with Crippen LogP contribution in [0.15, 0.2) is 36.4 Å². The van der Waals surface area contributed by atoms with E-state index >= 15 is 0 Å². The number of alkyl halides is 4. The third-order valence-corrected chi connectivity index (χ3v) is 5.23. The molecule has 0 aromatic heterocycles. The van der Waals surface area contributed by atoms with Crippen LogP contribution < -0.4 is 5.43 Å². The number of amides is 1. The van der Waals surface area contributed by atoms with Crippen LogP contribution in [-0.4, -0.2) is 17.2 Å². The van der Waals surface area contributed by atoms with E-state index in [0.29, 0.717) is 23.1 Å². The number of anilines is 1. The van der Waals surface area contributed by atoms with E-state index < -0.39 is 27.3 Å². The minimum Gasteiger partial charge on any atom is -0.298 e. The largest absolute Gasteiger partial charge is 0.417 e. The van der Waals surface area contributed by atoms with Gasteiger partial charge in [0.1, 0.15) is 10.3 Å². The number of hydrazine groups is 1. The van der Waals surface area contributed by atoms with E-state index in [4.69, 9.17) is 11.6 Å². The molecule has 4 nitrogen and oxygen atoms in total. The van der Waals surface area contributed by atoms with Crippen LogP contribution in [0.2, 0.25) is 5.02 Å². The molecule has 1 atom stereocenters. The number of aldehydes is 1. The molecule has 1 aliphatic rings. The highest BCUT2D eigenvalue weighted by atomic mass is 127. The fourth-order valence-corrected chi connectivity index (χ4v) is 3.72. The first-order chi connectivity index (χ1) is 11.7. The number of hydrogen-bond acceptors (Lipinski definition) is 3. The summed E-state index contributed by atoms with van der Waals surface area (Å²) < 4.78 is 39.2. The predicted molar refractivity (Wildman–Crippen MR) is 94.8 cm³/mol. The number of carbonyl (C=O) groups is 2. The number of nitrogens with zero attached hydrogens (tertiary/aromatic N) is 1. The summed E-state index contributed by atoms with van der Waals surface area (Å²) in [4.78, 5) is 23.6. The number of hydrogen-bond donors (Lipinski definition) is 1. The molecule has 2 aromatic carbocycles. The highest BCUT2D eigenvalue weighted by Gasteiger charge is 2.40. The van der Waals surface area contributed by atoms with Crippen LogP contribution in [0.5, 0.6) is 0 Å². The molecule has 1 N–H and O–H groups in total. The number of rotatable bonds is 2. The van der Waals surface area contributed by atoms with Crippen LogP contribution in [0.1, 0.15) is 35.9 Å². The van der Waals surface area contributed by atoms with E-state index in [1.54, 1.807) is 12.1 Å². The zero-order valence-corrected chi connectivity index (χ0v) is 15.2. The number of fused-ring (bicyclic) bond motifs is 1. The third kappa shape index (κ3) is 3.20. The first kappa shape index (κ1) is 18.0. The lowest BCUT2D eigenvalue weighted by atomic mass is 10.1. The average molecular weight is 481 g/mol. The van der Waals surface area contributed by atoms with Gasteiger partial charge in [0.25, 0.3) is 5.91 Å². The zero-order chi connectivity index (χ0) is 18.4. The molecule has 1 aliphatic heterocycles. The van der Waals surface area contributed by atoms with Crippen molar-refractivity contribution in [3.63, 3.8) is 0 Å². The normalized spacial score (nSPS) is 16.4. The van der Waals surface area contributed by atoms with Crippen LogP contribution in [0.25, 0.3) is 0 Å². The van der Waals surface area contributed by atoms with Gasteiger partial charge in [-0.1, -0.05) is 52.4 Å². The molecule has 3 rings (SSSR count). The summed E-state index contributed by atoms with van der Waals surface area (Å²) in [6.07, 6.45) is -4.07. The predicted octanol–water partition coefficient (Wildman–Crippen LogP) is 5.09. The van der Waals surface area contributed by atoms with Crippen molar-refractivity contribution in [2.24, 2.45) is 0 Å². The quantitative estimate of drug-likeness (QED) is 0.282. The number of nitrogens with one attached hydrogen (secondary N) is 1. The van der Waals surface area contributed by atoms with Gasteiger partial charge < -0.3 is 0 Å². The summed E-state index contributed by atoms with van der Waals surface area (Å²) in [5.74, 6) is -0.902. The monoisotopic (exact) mass is 480 g/mol. The summed E-state index contributed by atoms with van der Waals surface area (Å²) in [6, 6.07) is 7.94. The Morgan fingerprint density at radius 3 is 2.64 bits per heavy atom. The lowest BCUT2D eigenvalue weighted by molar-refractivity contribution is -0.138. The molecule has 9 heteroatoms. The van der Waals surface area contributed by atoms with Gasteiger partial charge in [0.05, 0.1) is 21.8 Å². The lowest BCUT2D eigenvalue weighted by Gasteiger charge is -2.23. The number of halogens is 5. The third-order valence-electron chi connectivity index (χ3n) is 3.69. The second-order valence-electron chi connectivity index (χ2n) is 5.25. The summed E-state index contributed by atoms with van der Waals surface area (Å²) in [7, 11) is 0. The summed E-state index contributed by atoms with van der Waals surface area (Å²) in [6.45, 7) is 0. The van der Waals surface area contributed by atoms with E-state index in [-0.39, 0.29) is 5.02 Å². The second-order valence-corrected chi connectivity index (χ2v) is 6.83. The van der Waals surface area contributed by atoms with Gasteiger partial charge in [0.15, 0.2) is 0 Å². The van der Waals surface area contributed by atoms with Crippen molar-refractivity contribution in [1.29, 1.82) is 0 Å². The molecule has 0 saturated heterocycles. The molecule has 0 saturated carbocycles. The van der Waals surface area contributed by atoms with E-state index in [1.165, 1.54) is 12.1 Å². The first-order valence-corrected chi connectivity index (χ1v) is 8.55. The van der Waals surface area contributed by atoms with Crippen molar-refractivity contribution in [3.8, 4) is 0 Å². The van der Waals surface area contributed by atoms with Crippen LogP contribution in [0.4, 0.5) is 18.9 Å². The Labute approximate surface area is 159 Å². The lowest BCUT2D eigenvalue weighted by Crippen LogP contribution is -2.34. The first-order valence-electron chi connectivity index (χ1n) is 6.93. The Bertz CT molecular complexity index is 873. The van der Waals surface area contributed by atoms with Crippen LogP contribution >= 0.6 is 34.2 Å². The Morgan fingerprint density at radius 2 is 2.00 bits per heavy atom. The van der Waals surface area contributed by atoms with Crippen LogP contribution in [0, 0.1) is 0 Å². The van der Waals surface area contributed by atoms with E-state index in [9.17, 15) is 22.8 Å². The summed E-state index contributed by atoms with van der Waals surface area (Å²) in [5.41, 5.74) is 2.59. The number of benzene rings is 2. The molecular formula is C16H9ClF3IN2O2. The minimum absolute atomic E-state index is 0.283. The molecule has 1 unspecified atom stereocenters. The van der Waals surface area contributed by atoms with Gasteiger partial charge in [-0.2, -0.15) is 13.2 Å². The molecule has 0 spiro atoms. The van der Waals surface area contributed by atoms with Crippen molar-refractivity contribution in [2.75, 3.05) is 5.43 Å². The Hall–Kier alpha value is -1.81. The van der Waals surface area contributed by atoms with Gasteiger partial charge in [0, 0.05) is 11.1 Å². The maximum Gasteiger partial charge on any atom is 0.417 e. The van der Waals surface area contributed by atoms with Crippen molar-refractivity contribution in [2.45, 2.75) is 10.2 Å². The van der Waals surface area contributed by atoms with Gasteiger partial charge in [-0.05, 0) is 18.2 Å². The van der Waals surface area contributed by atoms with Crippen molar-refractivity contribution in [1.82, 2.24) is 5.01 Å². The smallest absolute Gasteiger partial charge is 0.298 e. The topological polar surface area (TPSA) is 49.4 Å². The molecule has 1 amide bonds. The van der Waals surface area contributed by atoms with Crippen LogP contribution in [0.3, 0.4) is 0 Å². The molecule has 0 bridgehead atoms. The molecule has 25 heavy (non-hydrogen) atoms. The van der Waals surface area contributed by atoms with E-state index in [0.717, 1.165) is 17.1 Å². The molecule has 2 aromatic rings. The summed E-state index contributed by atoms with van der Waals surface area (Å²) in [5, 5.41) is 0.783. The van der Waals surface area contributed by atoms with Gasteiger partial charge >= 0.3 is 6.18 Å². The van der Waals surface area contributed by atoms with Crippen molar-refractivity contribution < 1.29 is 22.8 Å². The molecule has 130 valence electrons. The Balaban J connectivity index is 2.02. The SMILES string of the molecule is O=Cc1ccc2c(c1)NN(C(=O)c1c(Cl)cccc1C(F)(F)F)C2I. The summed E-state index contributed by atoms with van der Waals surface area (Å²) >= 11 is 7.82. The molecule has 0 aliphatic carbocycles. The van der Waals surface area contributed by atoms with Gasteiger partial charge in [-0.3, -0.25) is 15.0 Å². The number of carbonyl (C=O) groups excluding carboxylic acids is 2. The molecular weight excluding hydrogens is 472 g/mol. The van der Waals surface area contributed by atoms with Gasteiger partial charge in [-0.15, -0.1) is 0 Å². The highest BCUT2D eigenvalue weighted by Crippen LogP contribution is 2.43. The van der Waals surface area contributed by atoms with Gasteiger partial charge in [0.2, 0.25) is 0 Å². The second kappa shape index (κ2) is 6.49. The standard InChI is InChI=1S/C16H9ClF3IN2O2/c17-11-3-1-2-10(16(18,19)20)13(11)15(25)23-14(21)9-5-4-8(7-24)6-12(9)22-23/h1-7,14,22H. The van der Waals surface area contributed by atoms with Crippen molar-refractivity contribution in [3.05, 3.63) is 63.7 Å². The Kier molecular flexibility index (Phi) is 4.67. The van der Waals surface area contributed by atoms with Crippen LogP contribution in [-0.2, 0) is 6.18 Å². The fraction of sp³-hybridized carbons (Fsp3) is 0.125. The van der Waals surface area contributed by atoms with E-state index in [2.05, 4.69) is 5.43 Å². The maximum absolute atomic E-state index is 13.2. The fourth-order valence-electron chi connectivity index (χ4n) is 2.53. The maximum atomic E-state index is 13.2. The van der Waals surface area contributed by atoms with Gasteiger partial charge in [-0.25, -0.2) is 5.01 Å². The molecule has 0 fully saturated rings. The van der Waals surface area contributed by atoms with Crippen molar-refractivity contribution >= 4 is 52.1 Å². The molecule has 0 radical (unpaired) electrons.